The second-order valence-corrected chi connectivity index (χ2v) is 6.00. The van der Waals surface area contributed by atoms with E-state index >= 15 is 0 Å². The number of anilines is 1. The molecule has 0 atom stereocenters. The van der Waals surface area contributed by atoms with Crippen molar-refractivity contribution in [2.75, 3.05) is 11.9 Å². The van der Waals surface area contributed by atoms with Crippen molar-refractivity contribution in [1.29, 1.82) is 0 Å². The highest BCUT2D eigenvalue weighted by atomic mass is 32.1. The molecule has 3 aromatic rings. The summed E-state index contributed by atoms with van der Waals surface area (Å²) in [5.41, 5.74) is 2.80. The van der Waals surface area contributed by atoms with Crippen molar-refractivity contribution in [1.82, 2.24) is 25.5 Å². The molecule has 118 valence electrons. The second-order valence-electron chi connectivity index (χ2n) is 4.97. The molecule has 0 saturated heterocycles. The molecule has 23 heavy (non-hydrogen) atoms. The molecule has 1 amide bonds. The summed E-state index contributed by atoms with van der Waals surface area (Å²) in [6.07, 6.45) is 1.55. The summed E-state index contributed by atoms with van der Waals surface area (Å²) in [6.45, 7) is 2.77. The van der Waals surface area contributed by atoms with Gasteiger partial charge in [-0.15, -0.1) is 16.4 Å². The predicted octanol–water partition coefficient (Wildman–Crippen LogP) is 1.76. The van der Waals surface area contributed by atoms with E-state index in [-0.39, 0.29) is 12.5 Å². The quantitative estimate of drug-likeness (QED) is 0.720. The summed E-state index contributed by atoms with van der Waals surface area (Å²) in [5, 5.41) is 19.1. The molecule has 7 nitrogen and oxygen atoms in total. The number of amides is 1. The molecule has 3 rings (SSSR count). The topological polar surface area (TPSA) is 84.7 Å². The smallest absolute Gasteiger partial charge is 0.239 e. The van der Waals surface area contributed by atoms with Crippen LogP contribution in [0.4, 0.5) is 5.69 Å². The largest absolute Gasteiger partial charge is 0.376 e. The third-order valence-electron chi connectivity index (χ3n) is 3.29. The van der Waals surface area contributed by atoms with E-state index in [0.717, 1.165) is 21.8 Å². The van der Waals surface area contributed by atoms with Gasteiger partial charge in [0.15, 0.2) is 0 Å². The van der Waals surface area contributed by atoms with Crippen LogP contribution < -0.4 is 10.6 Å². The number of hydrogen-bond donors (Lipinski definition) is 2. The Balaban J connectivity index is 1.54. The number of aryl methyl sites for hydroxylation is 1. The fourth-order valence-corrected chi connectivity index (χ4v) is 2.78. The van der Waals surface area contributed by atoms with Gasteiger partial charge in [0.2, 0.25) is 5.91 Å². The van der Waals surface area contributed by atoms with E-state index in [4.69, 9.17) is 0 Å². The van der Waals surface area contributed by atoms with Gasteiger partial charge in [-0.25, -0.2) is 4.68 Å². The first kappa shape index (κ1) is 15.2. The van der Waals surface area contributed by atoms with Crippen molar-refractivity contribution in [2.45, 2.75) is 13.5 Å². The average Bonchev–Trinajstić information content (AvgIpc) is 3.24. The van der Waals surface area contributed by atoms with Gasteiger partial charge in [-0.2, -0.15) is 0 Å². The molecular weight excluding hydrogens is 312 g/mol. The number of aromatic nitrogens is 4. The molecule has 0 spiro atoms. The van der Waals surface area contributed by atoms with Gasteiger partial charge in [-0.1, -0.05) is 6.07 Å². The van der Waals surface area contributed by atoms with Crippen LogP contribution in [0.1, 0.15) is 10.4 Å². The molecule has 2 aromatic heterocycles. The van der Waals surface area contributed by atoms with E-state index < -0.39 is 0 Å². The maximum absolute atomic E-state index is 11.9. The van der Waals surface area contributed by atoms with Crippen LogP contribution in [0, 0.1) is 6.92 Å². The van der Waals surface area contributed by atoms with Crippen LogP contribution in [0.5, 0.6) is 0 Å². The maximum atomic E-state index is 11.9. The molecule has 2 heterocycles. The molecule has 0 aliphatic rings. The molecule has 0 bridgehead atoms. The van der Waals surface area contributed by atoms with Gasteiger partial charge in [0, 0.05) is 10.6 Å². The number of nitrogens with one attached hydrogen (secondary N) is 2. The molecule has 0 radical (unpaired) electrons. The van der Waals surface area contributed by atoms with Gasteiger partial charge in [0.25, 0.3) is 0 Å². The van der Waals surface area contributed by atoms with E-state index in [9.17, 15) is 4.79 Å². The lowest BCUT2D eigenvalue weighted by molar-refractivity contribution is -0.119. The number of benzene rings is 1. The highest BCUT2D eigenvalue weighted by molar-refractivity contribution is 7.09. The molecule has 1 aromatic carbocycles. The minimum atomic E-state index is -0.0411. The summed E-state index contributed by atoms with van der Waals surface area (Å²) in [6, 6.07) is 9.75. The van der Waals surface area contributed by atoms with Crippen molar-refractivity contribution >= 4 is 22.9 Å². The van der Waals surface area contributed by atoms with Crippen LogP contribution >= 0.6 is 11.3 Å². The van der Waals surface area contributed by atoms with Gasteiger partial charge < -0.3 is 10.6 Å². The highest BCUT2D eigenvalue weighted by Crippen LogP contribution is 2.17. The van der Waals surface area contributed by atoms with Gasteiger partial charge in [-0.05, 0) is 52.6 Å². The summed E-state index contributed by atoms with van der Waals surface area (Å²) in [7, 11) is 0. The maximum Gasteiger partial charge on any atom is 0.239 e. The Kier molecular flexibility index (Phi) is 4.62. The lowest BCUT2D eigenvalue weighted by Crippen LogP contribution is -2.29. The summed E-state index contributed by atoms with van der Waals surface area (Å²) < 4.78 is 1.60. The zero-order chi connectivity index (χ0) is 16.1. The average molecular weight is 328 g/mol. The van der Waals surface area contributed by atoms with Crippen LogP contribution in [0.3, 0.4) is 0 Å². The van der Waals surface area contributed by atoms with Gasteiger partial charge in [0.05, 0.1) is 18.8 Å². The summed E-state index contributed by atoms with van der Waals surface area (Å²) >= 11 is 1.63. The molecule has 0 aliphatic heterocycles. The monoisotopic (exact) mass is 328 g/mol. The van der Waals surface area contributed by atoms with Crippen LogP contribution in [0.15, 0.2) is 42.0 Å². The van der Waals surface area contributed by atoms with E-state index in [1.165, 1.54) is 0 Å². The fraction of sp³-hybridized carbons (Fsp3) is 0.200. The Morgan fingerprint density at radius 3 is 2.96 bits per heavy atom. The Morgan fingerprint density at radius 2 is 2.26 bits per heavy atom. The number of nitrogens with zero attached hydrogens (tertiary/aromatic N) is 4. The summed E-state index contributed by atoms with van der Waals surface area (Å²) in [5.74, 6) is -0.0411. The first-order valence-electron chi connectivity index (χ1n) is 7.09. The van der Waals surface area contributed by atoms with Crippen LogP contribution in [-0.2, 0) is 11.3 Å². The van der Waals surface area contributed by atoms with E-state index in [1.54, 1.807) is 22.3 Å². The van der Waals surface area contributed by atoms with Crippen molar-refractivity contribution in [3.63, 3.8) is 0 Å². The van der Waals surface area contributed by atoms with Crippen molar-refractivity contribution in [3.05, 3.63) is 52.5 Å². The Bertz CT molecular complexity index is 769. The minimum absolute atomic E-state index is 0.0411. The number of thiophene rings is 1. The number of hydrogen-bond acceptors (Lipinski definition) is 6. The molecule has 0 saturated carbocycles. The molecule has 0 unspecified atom stereocenters. The molecule has 0 aliphatic carbocycles. The Morgan fingerprint density at radius 1 is 1.35 bits per heavy atom. The zero-order valence-corrected chi connectivity index (χ0v) is 13.4. The van der Waals surface area contributed by atoms with Gasteiger partial charge in [-0.3, -0.25) is 4.79 Å². The minimum Gasteiger partial charge on any atom is -0.376 e. The molecule has 2 N–H and O–H groups in total. The SMILES string of the molecule is Cc1cc(NCC(=O)NCc2cccs2)ccc1-n1cnnn1. The van der Waals surface area contributed by atoms with Crippen LogP contribution in [0.25, 0.3) is 5.69 Å². The molecule has 8 heteroatoms. The van der Waals surface area contributed by atoms with E-state index in [0.29, 0.717) is 6.54 Å². The zero-order valence-electron chi connectivity index (χ0n) is 12.6. The second kappa shape index (κ2) is 7.01. The molecule has 0 fully saturated rings. The predicted molar refractivity (Wildman–Crippen MR) is 88.5 cm³/mol. The van der Waals surface area contributed by atoms with E-state index in [2.05, 4.69) is 26.2 Å². The standard InChI is InChI=1S/C15H16N6OS/c1-11-7-12(4-5-14(11)21-10-18-19-20-21)16-9-15(22)17-8-13-3-2-6-23-13/h2-7,10,16H,8-9H2,1H3,(H,17,22). The number of carbonyl (C=O) groups is 1. The first-order chi connectivity index (χ1) is 11.2. The number of rotatable bonds is 6. The van der Waals surface area contributed by atoms with E-state index in [1.807, 2.05) is 42.6 Å². The number of carbonyl (C=O) groups excluding carboxylic acids is 1. The van der Waals surface area contributed by atoms with Gasteiger partial charge >= 0.3 is 0 Å². The highest BCUT2D eigenvalue weighted by Gasteiger charge is 2.05. The van der Waals surface area contributed by atoms with Crippen LogP contribution in [-0.4, -0.2) is 32.7 Å². The van der Waals surface area contributed by atoms with Crippen molar-refractivity contribution < 1.29 is 4.79 Å². The van der Waals surface area contributed by atoms with Crippen LogP contribution in [0.2, 0.25) is 0 Å². The Hall–Kier alpha value is -2.74. The van der Waals surface area contributed by atoms with Crippen molar-refractivity contribution in [3.8, 4) is 5.69 Å². The normalized spacial score (nSPS) is 10.5. The lowest BCUT2D eigenvalue weighted by atomic mass is 10.2. The summed E-state index contributed by atoms with van der Waals surface area (Å²) in [4.78, 5) is 13.0. The van der Waals surface area contributed by atoms with Crippen molar-refractivity contribution in [2.24, 2.45) is 0 Å². The third kappa shape index (κ3) is 3.92. The number of tetrazole rings is 1. The lowest BCUT2D eigenvalue weighted by Gasteiger charge is -2.10. The first-order valence-corrected chi connectivity index (χ1v) is 7.97. The fourth-order valence-electron chi connectivity index (χ4n) is 2.14. The third-order valence-corrected chi connectivity index (χ3v) is 4.16. The Labute approximate surface area is 137 Å². The van der Waals surface area contributed by atoms with Gasteiger partial charge in [0.1, 0.15) is 6.33 Å². The molecular formula is C15H16N6OS.